The summed E-state index contributed by atoms with van der Waals surface area (Å²) in [5.41, 5.74) is 5.18. The minimum Gasteiger partial charge on any atom is -0.351 e. The summed E-state index contributed by atoms with van der Waals surface area (Å²) in [5.74, 6) is -1.34. The van der Waals surface area contributed by atoms with Crippen LogP contribution in [-0.2, 0) is 9.59 Å². The average molecular weight is 182 g/mol. The maximum absolute atomic E-state index is 11.3. The van der Waals surface area contributed by atoms with E-state index in [4.69, 9.17) is 5.73 Å². The smallest absolute Gasteiger partial charge is 0.328 e. The van der Waals surface area contributed by atoms with Gasteiger partial charge in [0.1, 0.15) is 0 Å². The van der Waals surface area contributed by atoms with Gasteiger partial charge in [0.05, 0.1) is 0 Å². The second kappa shape index (κ2) is 3.01. The molecule has 0 aliphatic carbocycles. The van der Waals surface area contributed by atoms with Crippen molar-refractivity contribution in [3.63, 3.8) is 0 Å². The largest absolute Gasteiger partial charge is 0.351 e. The first-order valence-electron chi connectivity index (χ1n) is 3.84. The molecule has 1 heterocycles. The Bertz CT molecular complexity index is 317. The molecule has 0 saturated heterocycles. The minimum atomic E-state index is -1.03. The summed E-state index contributed by atoms with van der Waals surface area (Å²) in [6.45, 7) is 3.53. The van der Waals surface area contributed by atoms with E-state index in [1.165, 1.54) is 0 Å². The Kier molecular flexibility index (Phi) is 2.18. The third kappa shape index (κ3) is 1.44. The van der Waals surface area contributed by atoms with E-state index in [2.05, 4.69) is 0 Å². The van der Waals surface area contributed by atoms with Gasteiger partial charge in [0.25, 0.3) is 11.8 Å². The van der Waals surface area contributed by atoms with Gasteiger partial charge >= 0.3 is 6.03 Å². The molecule has 2 N–H and O–H groups in total. The molecule has 0 atom stereocenters. The van der Waals surface area contributed by atoms with Crippen molar-refractivity contribution in [2.45, 2.75) is 13.8 Å². The Morgan fingerprint density at radius 1 is 1.46 bits per heavy atom. The van der Waals surface area contributed by atoms with Gasteiger partial charge in [0.2, 0.25) is 0 Å². The number of hydrogen-bond acceptors (Lipinski definition) is 3. The Morgan fingerprint density at radius 2 is 2.00 bits per heavy atom. The average Bonchev–Trinajstić information content (AvgIpc) is 2.26. The zero-order valence-electron chi connectivity index (χ0n) is 7.40. The van der Waals surface area contributed by atoms with E-state index in [0.717, 1.165) is 6.08 Å². The highest BCUT2D eigenvalue weighted by Gasteiger charge is 2.35. The Balaban J connectivity index is 2.99. The zero-order chi connectivity index (χ0) is 10.2. The van der Waals surface area contributed by atoms with E-state index in [1.54, 1.807) is 13.8 Å². The maximum Gasteiger partial charge on any atom is 0.328 e. The fraction of sp³-hybridized carbons (Fsp3) is 0.375. The van der Waals surface area contributed by atoms with E-state index >= 15 is 0 Å². The molecule has 0 spiro atoms. The first kappa shape index (κ1) is 9.44. The van der Waals surface area contributed by atoms with Gasteiger partial charge < -0.3 is 5.73 Å². The molecule has 0 saturated carbocycles. The molecule has 0 unspecified atom stereocenters. The number of carbonyl (C=O) groups is 3. The second-order valence-electron chi connectivity index (χ2n) is 3.07. The molecule has 0 aromatic carbocycles. The molecule has 0 aromatic rings. The van der Waals surface area contributed by atoms with Gasteiger partial charge in [-0.2, -0.15) is 4.90 Å². The molecule has 5 nitrogen and oxygen atoms in total. The summed E-state index contributed by atoms with van der Waals surface area (Å²) in [7, 11) is 0. The van der Waals surface area contributed by atoms with Crippen LogP contribution in [0.15, 0.2) is 11.6 Å². The molecule has 0 bridgehead atoms. The van der Waals surface area contributed by atoms with E-state index in [0.29, 0.717) is 10.5 Å². The van der Waals surface area contributed by atoms with E-state index < -0.39 is 17.8 Å². The summed E-state index contributed by atoms with van der Waals surface area (Å²) in [5, 5.41) is 0. The van der Waals surface area contributed by atoms with Gasteiger partial charge in [-0.1, -0.05) is 13.8 Å². The SMILES string of the molecule is CC(C)C1=CC(=O)N(C(N)=O)C1=O. The van der Waals surface area contributed by atoms with Gasteiger partial charge in [-0.25, -0.2) is 4.79 Å². The van der Waals surface area contributed by atoms with Crippen LogP contribution >= 0.6 is 0 Å². The van der Waals surface area contributed by atoms with Crippen LogP contribution in [0.4, 0.5) is 4.79 Å². The van der Waals surface area contributed by atoms with E-state index in [-0.39, 0.29) is 5.92 Å². The molecule has 1 aliphatic heterocycles. The molecule has 0 radical (unpaired) electrons. The normalized spacial score (nSPS) is 16.8. The van der Waals surface area contributed by atoms with Crippen LogP contribution in [0.1, 0.15) is 13.8 Å². The lowest BCUT2D eigenvalue weighted by molar-refractivity contribution is -0.133. The standard InChI is InChI=1S/C8H10N2O3/c1-4(2)5-3-6(11)10(7(5)12)8(9)13/h3-4H,1-2H3,(H2,9,13). The number of urea groups is 1. The maximum atomic E-state index is 11.3. The third-order valence-corrected chi connectivity index (χ3v) is 1.79. The molecular weight excluding hydrogens is 172 g/mol. The van der Waals surface area contributed by atoms with Crippen molar-refractivity contribution in [1.29, 1.82) is 0 Å². The van der Waals surface area contributed by atoms with Crippen LogP contribution in [-0.4, -0.2) is 22.7 Å². The number of carbonyl (C=O) groups excluding carboxylic acids is 3. The number of nitrogens with two attached hydrogens (primary N) is 1. The van der Waals surface area contributed by atoms with E-state index in [1.807, 2.05) is 0 Å². The number of amides is 4. The van der Waals surface area contributed by atoms with Crippen molar-refractivity contribution in [3.05, 3.63) is 11.6 Å². The lowest BCUT2D eigenvalue weighted by Gasteiger charge is -2.10. The Hall–Kier alpha value is -1.65. The molecule has 4 amide bonds. The van der Waals surface area contributed by atoms with Crippen LogP contribution in [0.3, 0.4) is 0 Å². The number of imide groups is 3. The van der Waals surface area contributed by atoms with E-state index in [9.17, 15) is 14.4 Å². The molecule has 13 heavy (non-hydrogen) atoms. The van der Waals surface area contributed by atoms with Crippen LogP contribution in [0.25, 0.3) is 0 Å². The monoisotopic (exact) mass is 182 g/mol. The first-order chi connectivity index (χ1) is 5.95. The highest BCUT2D eigenvalue weighted by Crippen LogP contribution is 2.19. The van der Waals surface area contributed by atoms with Gasteiger partial charge in [0.15, 0.2) is 0 Å². The number of hydrogen-bond donors (Lipinski definition) is 1. The highest BCUT2D eigenvalue weighted by atomic mass is 16.2. The lowest BCUT2D eigenvalue weighted by Crippen LogP contribution is -2.41. The quantitative estimate of drug-likeness (QED) is 0.580. The molecule has 0 aromatic heterocycles. The first-order valence-corrected chi connectivity index (χ1v) is 3.84. The topological polar surface area (TPSA) is 80.5 Å². The second-order valence-corrected chi connectivity index (χ2v) is 3.07. The third-order valence-electron chi connectivity index (χ3n) is 1.79. The van der Waals surface area contributed by atoms with Crippen molar-refractivity contribution in [2.24, 2.45) is 11.7 Å². The zero-order valence-corrected chi connectivity index (χ0v) is 7.40. The van der Waals surface area contributed by atoms with Crippen molar-refractivity contribution >= 4 is 17.8 Å². The predicted molar refractivity (Wildman–Crippen MR) is 44.4 cm³/mol. The summed E-state index contributed by atoms with van der Waals surface area (Å²) in [6, 6.07) is -1.03. The summed E-state index contributed by atoms with van der Waals surface area (Å²) >= 11 is 0. The molecule has 70 valence electrons. The van der Waals surface area contributed by atoms with Crippen molar-refractivity contribution in [2.75, 3.05) is 0 Å². The molecule has 5 heteroatoms. The molecular formula is C8H10N2O3. The summed E-state index contributed by atoms with van der Waals surface area (Å²) in [6.07, 6.45) is 1.15. The molecule has 0 fully saturated rings. The van der Waals surface area contributed by atoms with Crippen LogP contribution in [0.2, 0.25) is 0 Å². The lowest BCUT2D eigenvalue weighted by atomic mass is 10.0. The fourth-order valence-corrected chi connectivity index (χ4v) is 1.11. The van der Waals surface area contributed by atoms with Gasteiger partial charge in [-0.3, -0.25) is 9.59 Å². The predicted octanol–water partition coefficient (Wildman–Crippen LogP) is 0.0163. The van der Waals surface area contributed by atoms with Crippen molar-refractivity contribution in [3.8, 4) is 0 Å². The highest BCUT2D eigenvalue weighted by molar-refractivity contribution is 6.24. The molecule has 1 rings (SSSR count). The number of rotatable bonds is 1. The summed E-state index contributed by atoms with van der Waals surface area (Å²) in [4.78, 5) is 33.5. The van der Waals surface area contributed by atoms with Crippen LogP contribution in [0.5, 0.6) is 0 Å². The number of primary amides is 1. The van der Waals surface area contributed by atoms with Crippen LogP contribution in [0, 0.1) is 5.92 Å². The van der Waals surface area contributed by atoms with Gasteiger partial charge in [-0.15, -0.1) is 0 Å². The summed E-state index contributed by atoms with van der Waals surface area (Å²) < 4.78 is 0. The number of nitrogens with zero attached hydrogens (tertiary/aromatic N) is 1. The van der Waals surface area contributed by atoms with Gasteiger partial charge in [0, 0.05) is 11.6 Å². The minimum absolute atomic E-state index is 0.0826. The Morgan fingerprint density at radius 3 is 2.23 bits per heavy atom. The van der Waals surface area contributed by atoms with Crippen molar-refractivity contribution in [1.82, 2.24) is 4.90 Å². The fourth-order valence-electron chi connectivity index (χ4n) is 1.11. The Labute approximate surface area is 75.2 Å². The molecule has 1 aliphatic rings. The van der Waals surface area contributed by atoms with Crippen molar-refractivity contribution < 1.29 is 14.4 Å². The van der Waals surface area contributed by atoms with Gasteiger partial charge in [-0.05, 0) is 5.92 Å². The van der Waals surface area contributed by atoms with Crippen LogP contribution < -0.4 is 5.73 Å².